The molecule has 1 aliphatic heterocycles. The molecule has 1 amide bonds. The fraction of sp³-hybridized carbons (Fsp3) is 0.500. The van der Waals surface area contributed by atoms with Crippen LogP contribution in [0.3, 0.4) is 0 Å². The van der Waals surface area contributed by atoms with E-state index in [1.807, 2.05) is 30.3 Å². The minimum absolute atomic E-state index is 0.241. The third kappa shape index (κ3) is 2.08. The molecule has 1 heterocycles. The van der Waals surface area contributed by atoms with Gasteiger partial charge >= 0.3 is 0 Å². The number of para-hydroxylation sites is 1. The van der Waals surface area contributed by atoms with Crippen LogP contribution in [0.15, 0.2) is 30.3 Å². The van der Waals surface area contributed by atoms with Crippen molar-refractivity contribution in [2.45, 2.75) is 30.8 Å². The second-order valence-electron chi connectivity index (χ2n) is 5.39. The van der Waals surface area contributed by atoms with E-state index in [9.17, 15) is 4.79 Å². The molecule has 18 heavy (non-hydrogen) atoms. The fourth-order valence-electron chi connectivity index (χ4n) is 2.75. The van der Waals surface area contributed by atoms with Gasteiger partial charge in [-0.2, -0.15) is 0 Å². The molecule has 0 spiro atoms. The van der Waals surface area contributed by atoms with Gasteiger partial charge in [-0.05, 0) is 31.4 Å². The summed E-state index contributed by atoms with van der Waals surface area (Å²) in [6.45, 7) is 1.70. The van der Waals surface area contributed by atoms with Gasteiger partial charge in [0.05, 0.1) is 0 Å². The predicted octanol–water partition coefficient (Wildman–Crippen LogP) is 1.19. The first-order valence-corrected chi connectivity index (χ1v) is 6.57. The Kier molecular flexibility index (Phi) is 2.74. The summed E-state index contributed by atoms with van der Waals surface area (Å²) in [5, 5.41) is 3.35. The molecule has 1 aliphatic carbocycles. The molecule has 1 saturated carbocycles. The van der Waals surface area contributed by atoms with Crippen molar-refractivity contribution in [3.8, 4) is 0 Å². The largest absolute Gasteiger partial charge is 0.370 e. The lowest BCUT2D eigenvalue weighted by molar-refractivity contribution is -0.121. The zero-order chi connectivity index (χ0) is 12.6. The van der Waals surface area contributed by atoms with Gasteiger partial charge in [0, 0.05) is 24.8 Å². The lowest BCUT2D eigenvalue weighted by Gasteiger charge is -2.28. The number of hydrogen-bond acceptors (Lipinski definition) is 3. The van der Waals surface area contributed by atoms with Gasteiger partial charge in [0.2, 0.25) is 5.91 Å². The molecule has 0 bridgehead atoms. The topological polar surface area (TPSA) is 58.4 Å². The molecule has 2 fully saturated rings. The van der Waals surface area contributed by atoms with Crippen molar-refractivity contribution in [1.29, 1.82) is 0 Å². The zero-order valence-electron chi connectivity index (χ0n) is 10.4. The molecular formula is C14H19N3O. The summed E-state index contributed by atoms with van der Waals surface area (Å²) in [7, 11) is 0. The van der Waals surface area contributed by atoms with Crippen molar-refractivity contribution >= 4 is 11.6 Å². The Balaban J connectivity index is 1.78. The first-order valence-electron chi connectivity index (χ1n) is 6.57. The number of nitrogens with two attached hydrogens (primary N) is 1. The standard InChI is InChI=1S/C14H19N3O/c15-13(18)14(16-11-4-2-1-3-5-11)8-9-17(10-14)12-6-7-12/h1-5,12,16H,6-10H2,(H2,15,18). The van der Waals surface area contributed by atoms with Crippen molar-refractivity contribution < 1.29 is 4.79 Å². The van der Waals surface area contributed by atoms with Crippen LogP contribution in [-0.2, 0) is 4.79 Å². The average Bonchev–Trinajstić information content (AvgIpc) is 3.13. The molecule has 0 aromatic heterocycles. The Hall–Kier alpha value is -1.55. The second-order valence-corrected chi connectivity index (χ2v) is 5.39. The molecule has 0 radical (unpaired) electrons. The lowest BCUT2D eigenvalue weighted by atomic mass is 9.97. The Morgan fingerprint density at radius 1 is 1.33 bits per heavy atom. The molecule has 1 unspecified atom stereocenters. The van der Waals surface area contributed by atoms with E-state index in [0.717, 1.165) is 25.2 Å². The second kappa shape index (κ2) is 4.28. The SMILES string of the molecule is NC(=O)C1(Nc2ccccc2)CCN(C2CC2)C1. The quantitative estimate of drug-likeness (QED) is 0.837. The third-order valence-electron chi connectivity index (χ3n) is 3.99. The number of amides is 1. The van der Waals surface area contributed by atoms with Crippen LogP contribution in [0.2, 0.25) is 0 Å². The van der Waals surface area contributed by atoms with Crippen LogP contribution in [-0.4, -0.2) is 35.5 Å². The van der Waals surface area contributed by atoms with Gasteiger partial charge < -0.3 is 11.1 Å². The maximum Gasteiger partial charge on any atom is 0.244 e. The minimum Gasteiger partial charge on any atom is -0.370 e. The summed E-state index contributed by atoms with van der Waals surface area (Å²) in [4.78, 5) is 14.2. The Morgan fingerprint density at radius 3 is 2.67 bits per heavy atom. The van der Waals surface area contributed by atoms with E-state index in [4.69, 9.17) is 5.73 Å². The maximum atomic E-state index is 11.8. The lowest BCUT2D eigenvalue weighted by Crippen LogP contribution is -2.52. The van der Waals surface area contributed by atoms with Gasteiger partial charge in [-0.25, -0.2) is 0 Å². The average molecular weight is 245 g/mol. The van der Waals surface area contributed by atoms with Gasteiger partial charge in [-0.1, -0.05) is 18.2 Å². The van der Waals surface area contributed by atoms with Crippen molar-refractivity contribution in [2.75, 3.05) is 18.4 Å². The number of hydrogen-bond donors (Lipinski definition) is 2. The van der Waals surface area contributed by atoms with E-state index in [0.29, 0.717) is 6.04 Å². The number of likely N-dealkylation sites (tertiary alicyclic amines) is 1. The number of nitrogens with zero attached hydrogens (tertiary/aromatic N) is 1. The van der Waals surface area contributed by atoms with Crippen LogP contribution in [0.25, 0.3) is 0 Å². The van der Waals surface area contributed by atoms with Crippen LogP contribution >= 0.6 is 0 Å². The van der Waals surface area contributed by atoms with E-state index in [1.54, 1.807) is 0 Å². The van der Waals surface area contributed by atoms with E-state index in [1.165, 1.54) is 12.8 Å². The molecular weight excluding hydrogens is 226 g/mol. The Labute approximate surface area is 107 Å². The zero-order valence-corrected chi connectivity index (χ0v) is 10.4. The number of carbonyl (C=O) groups excluding carboxylic acids is 1. The molecule has 4 nitrogen and oxygen atoms in total. The Bertz CT molecular complexity index is 444. The molecule has 1 aromatic carbocycles. The molecule has 1 atom stereocenters. The molecule has 4 heteroatoms. The van der Waals surface area contributed by atoms with Crippen LogP contribution in [0.4, 0.5) is 5.69 Å². The number of anilines is 1. The minimum atomic E-state index is -0.593. The summed E-state index contributed by atoms with van der Waals surface area (Å²) in [6.07, 6.45) is 3.33. The number of carbonyl (C=O) groups is 1. The van der Waals surface area contributed by atoms with Gasteiger partial charge in [0.25, 0.3) is 0 Å². The summed E-state index contributed by atoms with van der Waals surface area (Å²) in [5.41, 5.74) is 6.01. The van der Waals surface area contributed by atoms with E-state index < -0.39 is 5.54 Å². The number of nitrogens with one attached hydrogen (secondary N) is 1. The van der Waals surface area contributed by atoms with Gasteiger partial charge in [0.15, 0.2) is 0 Å². The van der Waals surface area contributed by atoms with Crippen molar-refractivity contribution in [3.63, 3.8) is 0 Å². The van der Waals surface area contributed by atoms with Crippen LogP contribution < -0.4 is 11.1 Å². The van der Waals surface area contributed by atoms with Gasteiger partial charge in [0.1, 0.15) is 5.54 Å². The molecule has 1 aromatic rings. The molecule has 96 valence electrons. The number of primary amides is 1. The highest BCUT2D eigenvalue weighted by Gasteiger charge is 2.47. The van der Waals surface area contributed by atoms with Crippen molar-refractivity contribution in [3.05, 3.63) is 30.3 Å². The highest BCUT2D eigenvalue weighted by molar-refractivity contribution is 5.88. The summed E-state index contributed by atoms with van der Waals surface area (Å²) >= 11 is 0. The highest BCUT2D eigenvalue weighted by atomic mass is 16.1. The number of rotatable bonds is 4. The molecule has 3 N–H and O–H groups in total. The smallest absolute Gasteiger partial charge is 0.244 e. The van der Waals surface area contributed by atoms with E-state index >= 15 is 0 Å². The van der Waals surface area contributed by atoms with Crippen LogP contribution in [0, 0.1) is 0 Å². The third-order valence-corrected chi connectivity index (χ3v) is 3.99. The van der Waals surface area contributed by atoms with E-state index in [2.05, 4.69) is 10.2 Å². The maximum absolute atomic E-state index is 11.8. The predicted molar refractivity (Wildman–Crippen MR) is 71.2 cm³/mol. The summed E-state index contributed by atoms with van der Waals surface area (Å²) in [6, 6.07) is 10.5. The molecule has 3 rings (SSSR count). The highest BCUT2D eigenvalue weighted by Crippen LogP contribution is 2.34. The molecule has 2 aliphatic rings. The summed E-state index contributed by atoms with van der Waals surface area (Å²) < 4.78 is 0. The van der Waals surface area contributed by atoms with Gasteiger partial charge in [-0.3, -0.25) is 9.69 Å². The van der Waals surface area contributed by atoms with Crippen molar-refractivity contribution in [1.82, 2.24) is 4.90 Å². The molecule has 1 saturated heterocycles. The number of benzene rings is 1. The summed E-state index contributed by atoms with van der Waals surface area (Å²) in [5.74, 6) is -0.241. The van der Waals surface area contributed by atoms with Crippen molar-refractivity contribution in [2.24, 2.45) is 5.73 Å². The van der Waals surface area contributed by atoms with Crippen LogP contribution in [0.5, 0.6) is 0 Å². The van der Waals surface area contributed by atoms with E-state index in [-0.39, 0.29) is 5.91 Å². The first-order chi connectivity index (χ1) is 8.70. The van der Waals surface area contributed by atoms with Crippen LogP contribution in [0.1, 0.15) is 19.3 Å². The fourth-order valence-corrected chi connectivity index (χ4v) is 2.75. The Morgan fingerprint density at radius 2 is 2.06 bits per heavy atom. The normalized spacial score (nSPS) is 28.2. The first kappa shape index (κ1) is 11.5. The monoisotopic (exact) mass is 245 g/mol. The van der Waals surface area contributed by atoms with Gasteiger partial charge in [-0.15, -0.1) is 0 Å².